The monoisotopic (exact) mass is 301 g/mol. The van der Waals surface area contributed by atoms with Crippen LogP contribution < -0.4 is 5.56 Å². The Bertz CT molecular complexity index is 765. The van der Waals surface area contributed by atoms with Crippen LogP contribution in [0.5, 0.6) is 0 Å². The number of H-pyrrole nitrogens is 1. The number of carboxylic acids is 1. The molecule has 0 bridgehead atoms. The summed E-state index contributed by atoms with van der Waals surface area (Å²) in [6, 6.07) is 10.7. The van der Waals surface area contributed by atoms with E-state index in [-0.39, 0.29) is 16.4 Å². The number of aliphatic carboxylic acids is 1. The van der Waals surface area contributed by atoms with E-state index in [0.717, 1.165) is 11.8 Å². The van der Waals surface area contributed by atoms with Gasteiger partial charge in [-0.1, -0.05) is 42.1 Å². The molecule has 0 aliphatic carbocycles. The van der Waals surface area contributed by atoms with Gasteiger partial charge in [-0.2, -0.15) is 5.26 Å². The molecule has 2 aromatic rings. The van der Waals surface area contributed by atoms with Gasteiger partial charge in [0, 0.05) is 5.56 Å². The highest BCUT2D eigenvalue weighted by Crippen LogP contribution is 2.23. The van der Waals surface area contributed by atoms with Gasteiger partial charge >= 0.3 is 5.97 Å². The summed E-state index contributed by atoms with van der Waals surface area (Å²) in [5.41, 5.74) is 0.215. The van der Waals surface area contributed by atoms with Crippen LogP contribution in [-0.2, 0) is 4.79 Å². The van der Waals surface area contributed by atoms with Gasteiger partial charge in [0.15, 0.2) is 5.16 Å². The van der Waals surface area contributed by atoms with Gasteiger partial charge in [-0.3, -0.25) is 9.59 Å². The van der Waals surface area contributed by atoms with Gasteiger partial charge in [0.05, 0.1) is 5.69 Å². The number of nitrogens with one attached hydrogen (secondary N) is 1. The molecule has 0 aliphatic rings. The molecule has 2 N–H and O–H groups in total. The van der Waals surface area contributed by atoms with Crippen LogP contribution in [0.25, 0.3) is 11.3 Å². The standard InChI is InChI=1S/C14H11N3O3S/c1-8(13(19)20)21-14-16-11(9-5-3-2-4-6-9)10(7-15)12(18)17-14/h2-6,8H,1H3,(H,19,20)(H,16,17,18)/t8-/m1/s1. The van der Waals surface area contributed by atoms with Crippen molar-refractivity contribution in [3.8, 4) is 17.3 Å². The predicted molar refractivity (Wildman–Crippen MR) is 78.0 cm³/mol. The fourth-order valence-corrected chi connectivity index (χ4v) is 2.37. The van der Waals surface area contributed by atoms with Crippen LogP contribution in [0.3, 0.4) is 0 Å². The Morgan fingerprint density at radius 2 is 2.10 bits per heavy atom. The number of rotatable bonds is 4. The van der Waals surface area contributed by atoms with Gasteiger partial charge in [0.25, 0.3) is 5.56 Å². The maximum atomic E-state index is 11.9. The highest BCUT2D eigenvalue weighted by Gasteiger charge is 2.18. The van der Waals surface area contributed by atoms with Crippen molar-refractivity contribution >= 4 is 17.7 Å². The van der Waals surface area contributed by atoms with Crippen LogP contribution in [0.2, 0.25) is 0 Å². The lowest BCUT2D eigenvalue weighted by Crippen LogP contribution is -2.17. The van der Waals surface area contributed by atoms with Gasteiger partial charge < -0.3 is 10.1 Å². The summed E-state index contributed by atoms with van der Waals surface area (Å²) < 4.78 is 0. The third-order valence-electron chi connectivity index (χ3n) is 2.69. The van der Waals surface area contributed by atoms with Crippen LogP contribution in [0.1, 0.15) is 12.5 Å². The lowest BCUT2D eigenvalue weighted by atomic mass is 10.1. The second kappa shape index (κ2) is 6.24. The Labute approximate surface area is 124 Å². The number of hydrogen-bond acceptors (Lipinski definition) is 5. The van der Waals surface area contributed by atoms with E-state index in [9.17, 15) is 9.59 Å². The minimum atomic E-state index is -1.01. The number of aromatic amines is 1. The molecular weight excluding hydrogens is 290 g/mol. The minimum absolute atomic E-state index is 0.0893. The van der Waals surface area contributed by atoms with E-state index in [1.54, 1.807) is 24.3 Å². The van der Waals surface area contributed by atoms with Crippen LogP contribution >= 0.6 is 11.8 Å². The first-order valence-corrected chi connectivity index (χ1v) is 6.90. The summed E-state index contributed by atoms with van der Waals surface area (Å²) in [6.07, 6.45) is 0. The molecule has 2 rings (SSSR count). The van der Waals surface area contributed by atoms with E-state index >= 15 is 0 Å². The molecule has 21 heavy (non-hydrogen) atoms. The van der Waals surface area contributed by atoms with Crippen molar-refractivity contribution in [3.05, 3.63) is 46.2 Å². The van der Waals surface area contributed by atoms with E-state index in [1.165, 1.54) is 6.92 Å². The van der Waals surface area contributed by atoms with Gasteiger partial charge in [0.1, 0.15) is 16.9 Å². The first kappa shape index (κ1) is 14.8. The lowest BCUT2D eigenvalue weighted by Gasteiger charge is -2.08. The van der Waals surface area contributed by atoms with E-state index in [2.05, 4.69) is 9.97 Å². The quantitative estimate of drug-likeness (QED) is 0.659. The highest BCUT2D eigenvalue weighted by atomic mass is 32.2. The first-order chi connectivity index (χ1) is 10.0. The Hall–Kier alpha value is -2.59. The molecule has 0 aliphatic heterocycles. The summed E-state index contributed by atoms with van der Waals surface area (Å²) in [6.45, 7) is 1.49. The molecule has 1 aromatic heterocycles. The van der Waals surface area contributed by atoms with Crippen molar-refractivity contribution in [1.82, 2.24) is 9.97 Å². The Balaban J connectivity index is 2.54. The van der Waals surface area contributed by atoms with Crippen LogP contribution in [0.15, 0.2) is 40.3 Å². The number of benzene rings is 1. The largest absolute Gasteiger partial charge is 0.480 e. The molecule has 0 saturated carbocycles. The third-order valence-corrected chi connectivity index (χ3v) is 3.66. The van der Waals surface area contributed by atoms with E-state index in [4.69, 9.17) is 10.4 Å². The zero-order chi connectivity index (χ0) is 15.4. The summed E-state index contributed by atoms with van der Waals surface area (Å²) in [5.74, 6) is -1.01. The minimum Gasteiger partial charge on any atom is -0.480 e. The molecule has 0 amide bonds. The fourth-order valence-electron chi connectivity index (χ4n) is 1.63. The van der Waals surface area contributed by atoms with E-state index < -0.39 is 16.8 Å². The molecule has 0 spiro atoms. The van der Waals surface area contributed by atoms with Crippen molar-refractivity contribution in [2.24, 2.45) is 0 Å². The SMILES string of the molecule is C[C@@H](Sc1nc(-c2ccccc2)c(C#N)c(=O)[nH]1)C(=O)O. The molecule has 1 aromatic carbocycles. The van der Waals surface area contributed by atoms with Crippen LogP contribution in [-0.4, -0.2) is 26.3 Å². The number of nitriles is 1. The molecule has 1 heterocycles. The number of nitrogens with zero attached hydrogens (tertiary/aromatic N) is 2. The molecule has 0 fully saturated rings. The average Bonchev–Trinajstić information content (AvgIpc) is 2.47. The van der Waals surface area contributed by atoms with Crippen LogP contribution in [0, 0.1) is 11.3 Å². The van der Waals surface area contributed by atoms with Crippen molar-refractivity contribution in [3.63, 3.8) is 0 Å². The van der Waals surface area contributed by atoms with Gasteiger partial charge in [0.2, 0.25) is 0 Å². The zero-order valence-electron chi connectivity index (χ0n) is 11.0. The van der Waals surface area contributed by atoms with Gasteiger partial charge in [-0.15, -0.1) is 0 Å². The van der Waals surface area contributed by atoms with Crippen molar-refractivity contribution < 1.29 is 9.90 Å². The second-order valence-corrected chi connectivity index (χ2v) is 5.50. The Kier molecular flexibility index (Phi) is 4.40. The second-order valence-electron chi connectivity index (χ2n) is 4.17. The lowest BCUT2D eigenvalue weighted by molar-refractivity contribution is -0.136. The normalized spacial score (nSPS) is 11.6. The van der Waals surface area contributed by atoms with Crippen molar-refractivity contribution in [2.45, 2.75) is 17.3 Å². The Morgan fingerprint density at radius 1 is 1.43 bits per heavy atom. The predicted octanol–water partition coefficient (Wildman–Crippen LogP) is 1.87. The number of carboxylic acid groups (broad SMARTS) is 1. The summed E-state index contributed by atoms with van der Waals surface area (Å²) in [5, 5.41) is 17.4. The molecule has 1 atom stereocenters. The van der Waals surface area contributed by atoms with Crippen LogP contribution in [0.4, 0.5) is 0 Å². The number of aromatic nitrogens is 2. The smallest absolute Gasteiger partial charge is 0.316 e. The maximum Gasteiger partial charge on any atom is 0.316 e. The van der Waals surface area contributed by atoms with Gasteiger partial charge in [-0.05, 0) is 6.92 Å². The first-order valence-electron chi connectivity index (χ1n) is 6.02. The molecule has 106 valence electrons. The topological polar surface area (TPSA) is 107 Å². The zero-order valence-corrected chi connectivity index (χ0v) is 11.8. The molecular formula is C14H11N3O3S. The maximum absolute atomic E-state index is 11.9. The highest BCUT2D eigenvalue weighted by molar-refractivity contribution is 8.00. The van der Waals surface area contributed by atoms with Crippen molar-refractivity contribution in [2.75, 3.05) is 0 Å². The van der Waals surface area contributed by atoms with Crippen molar-refractivity contribution in [1.29, 1.82) is 5.26 Å². The van der Waals surface area contributed by atoms with E-state index in [0.29, 0.717) is 5.56 Å². The molecule has 7 heteroatoms. The average molecular weight is 301 g/mol. The molecule has 0 unspecified atom stereocenters. The summed E-state index contributed by atoms with van der Waals surface area (Å²) in [4.78, 5) is 29.5. The van der Waals surface area contributed by atoms with Gasteiger partial charge in [-0.25, -0.2) is 4.98 Å². The number of thioether (sulfide) groups is 1. The molecule has 0 saturated heterocycles. The number of hydrogen-bond donors (Lipinski definition) is 2. The Morgan fingerprint density at radius 3 is 2.67 bits per heavy atom. The third kappa shape index (κ3) is 3.30. The van der Waals surface area contributed by atoms with E-state index in [1.807, 2.05) is 12.1 Å². The molecule has 6 nitrogen and oxygen atoms in total. The summed E-state index contributed by atoms with van der Waals surface area (Å²) in [7, 11) is 0. The molecule has 0 radical (unpaired) electrons. The number of carbonyl (C=O) groups is 1. The fraction of sp³-hybridized carbons (Fsp3) is 0.143. The summed E-state index contributed by atoms with van der Waals surface area (Å²) >= 11 is 0.918.